The van der Waals surface area contributed by atoms with Gasteiger partial charge < -0.3 is 15.0 Å². The minimum Gasteiger partial charge on any atom is -0.456 e. The Morgan fingerprint density at radius 2 is 2.39 bits per heavy atom. The predicted molar refractivity (Wildman–Crippen MR) is 68.2 cm³/mol. The third-order valence-corrected chi connectivity index (χ3v) is 2.79. The van der Waals surface area contributed by atoms with Gasteiger partial charge in [-0.3, -0.25) is 4.98 Å². The molecular weight excluding hydrogens is 254 g/mol. The van der Waals surface area contributed by atoms with E-state index in [1.807, 2.05) is 0 Å². The molecule has 0 atom stereocenters. The van der Waals surface area contributed by atoms with Gasteiger partial charge in [-0.15, -0.1) is 0 Å². The number of esters is 1. The summed E-state index contributed by atoms with van der Waals surface area (Å²) in [5.41, 5.74) is 7.22. The van der Waals surface area contributed by atoms with Gasteiger partial charge in [0.1, 0.15) is 12.3 Å². The second-order valence-electron chi connectivity index (χ2n) is 3.81. The number of hydrogen-bond acceptors (Lipinski definition) is 4. The van der Waals surface area contributed by atoms with Gasteiger partial charge in [0, 0.05) is 31.2 Å². The molecule has 2 rings (SSSR count). The van der Waals surface area contributed by atoms with E-state index < -0.39 is 5.97 Å². The van der Waals surface area contributed by atoms with Gasteiger partial charge in [-0.1, -0.05) is 11.6 Å². The van der Waals surface area contributed by atoms with Crippen molar-refractivity contribution in [1.29, 1.82) is 0 Å². The molecule has 2 heterocycles. The second kappa shape index (κ2) is 5.10. The average molecular weight is 266 g/mol. The molecule has 0 radical (unpaired) electrons. The number of halogens is 1. The first-order valence-electron chi connectivity index (χ1n) is 5.25. The Morgan fingerprint density at radius 3 is 3.00 bits per heavy atom. The third kappa shape index (κ3) is 2.62. The summed E-state index contributed by atoms with van der Waals surface area (Å²) in [6.45, 7) is 0.102. The van der Waals surface area contributed by atoms with Gasteiger partial charge in [-0.05, 0) is 12.1 Å². The molecule has 5 nitrogen and oxygen atoms in total. The summed E-state index contributed by atoms with van der Waals surface area (Å²) < 4.78 is 6.78. The fourth-order valence-electron chi connectivity index (χ4n) is 1.53. The van der Waals surface area contributed by atoms with Gasteiger partial charge in [0.15, 0.2) is 0 Å². The summed E-state index contributed by atoms with van der Waals surface area (Å²) in [5.74, 6) is -0.443. The molecule has 0 spiro atoms. The highest BCUT2D eigenvalue weighted by atomic mass is 35.5. The van der Waals surface area contributed by atoms with Crippen LogP contribution in [0.25, 0.3) is 0 Å². The number of carbonyl (C=O) groups is 1. The number of pyridine rings is 1. The normalized spacial score (nSPS) is 10.3. The lowest BCUT2D eigenvalue weighted by molar-refractivity contribution is 0.0461. The number of anilines is 1. The van der Waals surface area contributed by atoms with Crippen LogP contribution < -0.4 is 5.73 Å². The van der Waals surface area contributed by atoms with Gasteiger partial charge in [-0.2, -0.15) is 0 Å². The molecule has 0 bridgehead atoms. The number of ether oxygens (including phenoxy) is 1. The van der Waals surface area contributed by atoms with Crippen LogP contribution >= 0.6 is 11.6 Å². The van der Waals surface area contributed by atoms with Crippen LogP contribution in [0.3, 0.4) is 0 Å². The smallest absolute Gasteiger partial charge is 0.355 e. The molecule has 0 unspecified atom stereocenters. The monoisotopic (exact) mass is 265 g/mol. The maximum atomic E-state index is 11.8. The highest BCUT2D eigenvalue weighted by Gasteiger charge is 2.13. The Bertz CT molecular complexity index is 580. The molecule has 0 aliphatic rings. The Labute approximate surface area is 109 Å². The van der Waals surface area contributed by atoms with Crippen molar-refractivity contribution >= 4 is 23.3 Å². The summed E-state index contributed by atoms with van der Waals surface area (Å²) in [6.07, 6.45) is 4.75. The number of nitrogens with zero attached hydrogens (tertiary/aromatic N) is 2. The van der Waals surface area contributed by atoms with E-state index >= 15 is 0 Å². The van der Waals surface area contributed by atoms with Crippen molar-refractivity contribution in [3.63, 3.8) is 0 Å². The van der Waals surface area contributed by atoms with E-state index in [9.17, 15) is 4.79 Å². The van der Waals surface area contributed by atoms with E-state index in [2.05, 4.69) is 4.98 Å². The zero-order chi connectivity index (χ0) is 13.1. The Hall–Kier alpha value is -2.01. The van der Waals surface area contributed by atoms with Gasteiger partial charge in [0.2, 0.25) is 0 Å². The molecule has 0 amide bonds. The quantitative estimate of drug-likeness (QED) is 0.862. The first-order chi connectivity index (χ1) is 8.58. The van der Waals surface area contributed by atoms with E-state index in [-0.39, 0.29) is 6.61 Å². The molecule has 2 aromatic heterocycles. The number of rotatable bonds is 3. The zero-order valence-electron chi connectivity index (χ0n) is 9.76. The standard InChI is InChI=1S/C12H12ClN3O2/c1-16-6-9(14)4-11(16)12(17)18-7-8-2-3-15-5-10(8)13/h2-6H,7,14H2,1H3. The second-order valence-corrected chi connectivity index (χ2v) is 4.22. The van der Waals surface area contributed by atoms with Crippen LogP contribution in [0.15, 0.2) is 30.7 Å². The number of aryl methyl sites for hydroxylation is 1. The first kappa shape index (κ1) is 12.4. The van der Waals surface area contributed by atoms with E-state index in [0.717, 1.165) is 0 Å². The van der Waals surface area contributed by atoms with Crippen molar-refractivity contribution in [3.05, 3.63) is 47.0 Å². The molecule has 0 saturated carbocycles. The SMILES string of the molecule is Cn1cc(N)cc1C(=O)OCc1ccncc1Cl. The number of aromatic nitrogens is 2. The fraction of sp³-hybridized carbons (Fsp3) is 0.167. The lowest BCUT2D eigenvalue weighted by Crippen LogP contribution is -2.09. The number of carbonyl (C=O) groups excluding carboxylic acids is 1. The molecule has 18 heavy (non-hydrogen) atoms. The van der Waals surface area contributed by atoms with E-state index in [0.29, 0.717) is 22.0 Å². The van der Waals surface area contributed by atoms with Crippen molar-refractivity contribution in [3.8, 4) is 0 Å². The van der Waals surface area contributed by atoms with Crippen molar-refractivity contribution < 1.29 is 9.53 Å². The average Bonchev–Trinajstić information content (AvgIpc) is 2.67. The summed E-state index contributed by atoms with van der Waals surface area (Å²) in [5, 5.41) is 0.469. The van der Waals surface area contributed by atoms with E-state index in [1.165, 1.54) is 6.20 Å². The molecule has 0 saturated heterocycles. The Morgan fingerprint density at radius 1 is 1.61 bits per heavy atom. The first-order valence-corrected chi connectivity index (χ1v) is 5.63. The fourth-order valence-corrected chi connectivity index (χ4v) is 1.71. The summed E-state index contributed by atoms with van der Waals surface area (Å²) >= 11 is 5.91. The van der Waals surface area contributed by atoms with Gasteiger partial charge in [-0.25, -0.2) is 4.79 Å². The summed E-state index contributed by atoms with van der Waals surface area (Å²) in [7, 11) is 1.73. The molecule has 0 aliphatic heterocycles. The van der Waals surface area contributed by atoms with Crippen molar-refractivity contribution in [2.75, 3.05) is 5.73 Å². The Kier molecular flexibility index (Phi) is 3.53. The number of nitrogen functional groups attached to an aromatic ring is 1. The molecule has 2 N–H and O–H groups in total. The lowest BCUT2D eigenvalue weighted by atomic mass is 10.3. The molecule has 6 heteroatoms. The highest BCUT2D eigenvalue weighted by molar-refractivity contribution is 6.31. The summed E-state index contributed by atoms with van der Waals surface area (Å²) in [6, 6.07) is 3.27. The summed E-state index contributed by atoms with van der Waals surface area (Å²) in [4.78, 5) is 15.7. The molecule has 0 aliphatic carbocycles. The van der Waals surface area contributed by atoms with Crippen molar-refractivity contribution in [2.45, 2.75) is 6.61 Å². The van der Waals surface area contributed by atoms with Crippen molar-refractivity contribution in [2.24, 2.45) is 7.05 Å². The van der Waals surface area contributed by atoms with E-state index in [4.69, 9.17) is 22.1 Å². The van der Waals surface area contributed by atoms with E-state index in [1.54, 1.807) is 36.1 Å². The Balaban J connectivity index is 2.05. The van der Waals surface area contributed by atoms with Gasteiger partial charge >= 0.3 is 5.97 Å². The number of nitrogens with two attached hydrogens (primary N) is 1. The minimum absolute atomic E-state index is 0.102. The maximum Gasteiger partial charge on any atom is 0.355 e. The van der Waals surface area contributed by atoms with Crippen LogP contribution in [-0.4, -0.2) is 15.5 Å². The number of hydrogen-bond donors (Lipinski definition) is 1. The highest BCUT2D eigenvalue weighted by Crippen LogP contribution is 2.16. The largest absolute Gasteiger partial charge is 0.456 e. The minimum atomic E-state index is -0.443. The molecule has 0 aromatic carbocycles. The molecule has 2 aromatic rings. The van der Waals surface area contributed by atoms with Crippen LogP contribution in [0.5, 0.6) is 0 Å². The van der Waals surface area contributed by atoms with Crippen LogP contribution in [-0.2, 0) is 18.4 Å². The zero-order valence-corrected chi connectivity index (χ0v) is 10.5. The van der Waals surface area contributed by atoms with Crippen LogP contribution in [0, 0.1) is 0 Å². The van der Waals surface area contributed by atoms with Crippen molar-refractivity contribution in [1.82, 2.24) is 9.55 Å². The molecular formula is C12H12ClN3O2. The van der Waals surface area contributed by atoms with Crippen LogP contribution in [0.1, 0.15) is 16.1 Å². The van der Waals surface area contributed by atoms with Crippen LogP contribution in [0.2, 0.25) is 5.02 Å². The predicted octanol–water partition coefficient (Wildman–Crippen LogP) is 2.01. The topological polar surface area (TPSA) is 70.1 Å². The van der Waals surface area contributed by atoms with Crippen LogP contribution in [0.4, 0.5) is 5.69 Å². The molecule has 94 valence electrons. The maximum absolute atomic E-state index is 11.8. The third-order valence-electron chi connectivity index (χ3n) is 2.45. The lowest BCUT2D eigenvalue weighted by Gasteiger charge is -2.06. The van der Waals surface area contributed by atoms with Gasteiger partial charge in [0.05, 0.1) is 10.7 Å². The van der Waals surface area contributed by atoms with Gasteiger partial charge in [0.25, 0.3) is 0 Å². The molecule has 0 fully saturated rings.